The first-order valence-electron chi connectivity index (χ1n) is 10.7. The van der Waals surface area contributed by atoms with Crippen molar-refractivity contribution in [2.45, 2.75) is 24.7 Å². The monoisotopic (exact) mass is 517 g/mol. The average molecular weight is 518 g/mol. The standard InChI is InChI=1S/C25H25Cl2N3O3S/c1-2-19-8-10-21(11-9-19)17-28-29-25(31)18-30(15-14-20-6-4-3-5-7-20)34(32,33)24-16-22(26)12-13-23(24)27/h3-13,16-17H,2,14-15,18H2,1H3,(H,29,31)/b28-17-. The molecule has 0 fully saturated rings. The van der Waals surface area contributed by atoms with E-state index in [9.17, 15) is 13.2 Å². The summed E-state index contributed by atoms with van der Waals surface area (Å²) in [4.78, 5) is 12.4. The van der Waals surface area contributed by atoms with Crippen molar-refractivity contribution in [2.75, 3.05) is 13.1 Å². The molecule has 0 bridgehead atoms. The fourth-order valence-corrected chi connectivity index (χ4v) is 5.34. The van der Waals surface area contributed by atoms with Crippen LogP contribution in [0.3, 0.4) is 0 Å². The number of amides is 1. The number of benzene rings is 3. The molecule has 3 aromatic rings. The number of hydrogen-bond donors (Lipinski definition) is 1. The molecule has 1 amide bonds. The Balaban J connectivity index is 1.76. The highest BCUT2D eigenvalue weighted by Gasteiger charge is 2.28. The number of carbonyl (C=O) groups excluding carboxylic acids is 1. The summed E-state index contributed by atoms with van der Waals surface area (Å²) in [6, 6.07) is 21.4. The van der Waals surface area contributed by atoms with Crippen LogP contribution in [-0.2, 0) is 27.7 Å². The SMILES string of the molecule is CCc1ccc(/C=N\NC(=O)CN(CCc2ccccc2)S(=O)(=O)c2cc(Cl)ccc2Cl)cc1. The van der Waals surface area contributed by atoms with Gasteiger partial charge in [-0.2, -0.15) is 9.41 Å². The smallest absolute Gasteiger partial charge is 0.255 e. The minimum Gasteiger partial charge on any atom is -0.272 e. The zero-order chi connectivity index (χ0) is 24.6. The van der Waals surface area contributed by atoms with Gasteiger partial charge < -0.3 is 0 Å². The summed E-state index contributed by atoms with van der Waals surface area (Å²) in [6.07, 6.45) is 2.85. The van der Waals surface area contributed by atoms with E-state index < -0.39 is 22.5 Å². The number of hydrogen-bond acceptors (Lipinski definition) is 4. The minimum absolute atomic E-state index is 0.0306. The number of nitrogens with one attached hydrogen (secondary N) is 1. The molecule has 0 saturated carbocycles. The lowest BCUT2D eigenvalue weighted by Gasteiger charge is -2.22. The Morgan fingerprint density at radius 1 is 1.00 bits per heavy atom. The number of hydrazone groups is 1. The van der Waals surface area contributed by atoms with Gasteiger partial charge in [0, 0.05) is 11.6 Å². The van der Waals surface area contributed by atoms with Crippen molar-refractivity contribution in [1.82, 2.24) is 9.73 Å². The van der Waals surface area contributed by atoms with Gasteiger partial charge in [0.05, 0.1) is 17.8 Å². The van der Waals surface area contributed by atoms with Crippen LogP contribution in [0.2, 0.25) is 10.0 Å². The largest absolute Gasteiger partial charge is 0.272 e. The Morgan fingerprint density at radius 2 is 1.71 bits per heavy atom. The first kappa shape index (κ1) is 25.9. The van der Waals surface area contributed by atoms with E-state index in [0.29, 0.717) is 6.42 Å². The highest BCUT2D eigenvalue weighted by molar-refractivity contribution is 7.89. The van der Waals surface area contributed by atoms with Gasteiger partial charge in [-0.3, -0.25) is 4.79 Å². The molecule has 0 aliphatic heterocycles. The van der Waals surface area contributed by atoms with Gasteiger partial charge in [0.25, 0.3) is 5.91 Å². The zero-order valence-corrected chi connectivity index (χ0v) is 20.9. The van der Waals surface area contributed by atoms with Gasteiger partial charge in [-0.15, -0.1) is 0 Å². The zero-order valence-electron chi connectivity index (χ0n) is 18.6. The number of halogens is 2. The van der Waals surface area contributed by atoms with Crippen molar-refractivity contribution in [3.8, 4) is 0 Å². The Hall–Kier alpha value is -2.71. The quantitative estimate of drug-likeness (QED) is 0.305. The maximum absolute atomic E-state index is 13.4. The predicted molar refractivity (Wildman–Crippen MR) is 137 cm³/mol. The Bertz CT molecular complexity index is 1250. The van der Waals surface area contributed by atoms with Crippen molar-refractivity contribution in [3.63, 3.8) is 0 Å². The van der Waals surface area contributed by atoms with Gasteiger partial charge in [0.2, 0.25) is 10.0 Å². The van der Waals surface area contributed by atoms with Crippen molar-refractivity contribution in [1.29, 1.82) is 0 Å². The number of carbonyl (C=O) groups is 1. The number of rotatable bonds is 10. The number of aryl methyl sites for hydroxylation is 1. The van der Waals surface area contributed by atoms with Gasteiger partial charge in [-0.25, -0.2) is 13.8 Å². The summed E-state index contributed by atoms with van der Waals surface area (Å²) in [5, 5.41) is 4.22. The second-order valence-corrected chi connectivity index (χ2v) is 10.3. The maximum atomic E-state index is 13.4. The van der Waals surface area contributed by atoms with Gasteiger partial charge >= 0.3 is 0 Å². The first-order valence-corrected chi connectivity index (χ1v) is 12.9. The van der Waals surface area contributed by atoms with Crippen molar-refractivity contribution in [2.24, 2.45) is 5.10 Å². The molecule has 0 heterocycles. The highest BCUT2D eigenvalue weighted by atomic mass is 35.5. The van der Waals surface area contributed by atoms with Crippen LogP contribution in [0.25, 0.3) is 0 Å². The van der Waals surface area contributed by atoms with E-state index in [2.05, 4.69) is 17.5 Å². The summed E-state index contributed by atoms with van der Waals surface area (Å²) in [5.41, 5.74) is 5.35. The third kappa shape index (κ3) is 7.14. The third-order valence-corrected chi connectivity index (χ3v) is 7.68. The topological polar surface area (TPSA) is 78.8 Å². The van der Waals surface area contributed by atoms with Gasteiger partial charge in [0.15, 0.2) is 0 Å². The van der Waals surface area contributed by atoms with E-state index in [1.54, 1.807) is 0 Å². The Kier molecular flexibility index (Phi) is 9.24. The molecule has 3 aromatic carbocycles. The van der Waals surface area contributed by atoms with Crippen molar-refractivity contribution >= 4 is 45.3 Å². The van der Waals surface area contributed by atoms with E-state index in [0.717, 1.165) is 21.9 Å². The molecule has 6 nitrogen and oxygen atoms in total. The normalized spacial score (nSPS) is 11.8. The van der Waals surface area contributed by atoms with Crippen LogP contribution < -0.4 is 5.43 Å². The average Bonchev–Trinajstić information content (AvgIpc) is 2.84. The summed E-state index contributed by atoms with van der Waals surface area (Å²) in [6.45, 7) is 1.71. The molecule has 0 aromatic heterocycles. The maximum Gasteiger partial charge on any atom is 0.255 e. The molecular weight excluding hydrogens is 493 g/mol. The van der Waals surface area contributed by atoms with Crippen LogP contribution in [-0.4, -0.2) is 37.9 Å². The van der Waals surface area contributed by atoms with Crippen molar-refractivity contribution < 1.29 is 13.2 Å². The van der Waals surface area contributed by atoms with Crippen LogP contribution >= 0.6 is 23.2 Å². The lowest BCUT2D eigenvalue weighted by molar-refractivity contribution is -0.121. The molecule has 3 rings (SSSR count). The number of nitrogens with zero attached hydrogens (tertiary/aromatic N) is 2. The molecule has 1 N–H and O–H groups in total. The van der Waals surface area contributed by atoms with Crippen LogP contribution in [0.1, 0.15) is 23.6 Å². The summed E-state index contributed by atoms with van der Waals surface area (Å²) >= 11 is 12.2. The first-order chi connectivity index (χ1) is 16.3. The molecule has 0 atom stereocenters. The third-order valence-electron chi connectivity index (χ3n) is 5.11. The van der Waals surface area contributed by atoms with E-state index >= 15 is 0 Å². The molecule has 0 spiro atoms. The van der Waals surface area contributed by atoms with Crippen LogP contribution in [0.5, 0.6) is 0 Å². The molecule has 0 unspecified atom stereocenters. The second-order valence-electron chi connectivity index (χ2n) is 7.54. The van der Waals surface area contributed by atoms with E-state index in [1.807, 2.05) is 54.6 Å². The van der Waals surface area contributed by atoms with E-state index in [-0.39, 0.29) is 21.5 Å². The molecule has 34 heavy (non-hydrogen) atoms. The van der Waals surface area contributed by atoms with Gasteiger partial charge in [-0.05, 0) is 47.7 Å². The molecule has 0 aliphatic carbocycles. The van der Waals surface area contributed by atoms with Gasteiger partial charge in [0.1, 0.15) is 4.90 Å². The van der Waals surface area contributed by atoms with Crippen molar-refractivity contribution in [3.05, 3.63) is 99.5 Å². The molecular formula is C25H25Cl2N3O3S. The number of sulfonamides is 1. The fourth-order valence-electron chi connectivity index (χ4n) is 3.21. The minimum atomic E-state index is -4.10. The molecule has 9 heteroatoms. The van der Waals surface area contributed by atoms with Crippen LogP contribution in [0.4, 0.5) is 0 Å². The van der Waals surface area contributed by atoms with Gasteiger partial charge in [-0.1, -0.05) is 84.7 Å². The van der Waals surface area contributed by atoms with E-state index in [4.69, 9.17) is 23.2 Å². The van der Waals surface area contributed by atoms with Crippen LogP contribution in [0.15, 0.2) is 82.8 Å². The summed E-state index contributed by atoms with van der Waals surface area (Å²) < 4.78 is 27.8. The predicted octanol–water partition coefficient (Wildman–Crippen LogP) is 4.94. The lowest BCUT2D eigenvalue weighted by Crippen LogP contribution is -2.40. The highest BCUT2D eigenvalue weighted by Crippen LogP contribution is 2.28. The van der Waals surface area contributed by atoms with E-state index in [1.165, 1.54) is 30.0 Å². The fraction of sp³-hybridized carbons (Fsp3) is 0.200. The molecule has 178 valence electrons. The molecule has 0 saturated heterocycles. The molecule has 0 radical (unpaired) electrons. The Labute approximate surface area is 210 Å². The summed E-state index contributed by atoms with van der Waals surface area (Å²) in [7, 11) is -4.10. The second kappa shape index (κ2) is 12.1. The Morgan fingerprint density at radius 3 is 2.38 bits per heavy atom. The van der Waals surface area contributed by atoms with Crippen LogP contribution in [0, 0.1) is 0 Å². The lowest BCUT2D eigenvalue weighted by atomic mass is 10.1. The summed E-state index contributed by atoms with van der Waals surface area (Å²) in [5.74, 6) is -0.573. The molecule has 0 aliphatic rings.